The zero-order valence-electron chi connectivity index (χ0n) is 9.42. The molecule has 4 nitrogen and oxygen atoms in total. The van der Waals surface area contributed by atoms with Crippen LogP contribution in [0.25, 0.3) is 0 Å². The van der Waals surface area contributed by atoms with E-state index in [2.05, 4.69) is 5.10 Å². The van der Waals surface area contributed by atoms with Crippen LogP contribution in [0.4, 0.5) is 27.6 Å². The van der Waals surface area contributed by atoms with Gasteiger partial charge in [-0.2, -0.15) is 27.1 Å². The summed E-state index contributed by atoms with van der Waals surface area (Å²) in [5, 5.41) is 5.16. The van der Waals surface area contributed by atoms with E-state index in [1.165, 1.54) is 10.00 Å². The summed E-state index contributed by atoms with van der Waals surface area (Å²) in [4.78, 5) is 10.8. The Bertz CT molecular complexity index is 438. The number of hydrogen-bond acceptors (Lipinski definition) is 2. The first kappa shape index (κ1) is 14.4. The molecule has 0 fully saturated rings. The van der Waals surface area contributed by atoms with Crippen molar-refractivity contribution in [2.24, 2.45) is 0 Å². The Morgan fingerprint density at radius 3 is 2.28 bits per heavy atom. The third kappa shape index (κ3) is 2.77. The number of carbonyl (C=O) groups excluding carboxylic acids is 1. The van der Waals surface area contributed by atoms with Crippen LogP contribution in [0.5, 0.6) is 0 Å². The van der Waals surface area contributed by atoms with Crippen LogP contribution in [0, 0.1) is 0 Å². The van der Waals surface area contributed by atoms with Gasteiger partial charge in [0.05, 0.1) is 11.9 Å². The third-order valence-corrected chi connectivity index (χ3v) is 2.03. The fraction of sp³-hybridized carbons (Fsp3) is 0.556. The average Bonchev–Trinajstić information content (AvgIpc) is 2.64. The maximum Gasteiger partial charge on any atom is 0.463 e. The molecule has 102 valence electrons. The number of anilines is 1. The first-order chi connectivity index (χ1) is 8.05. The molecule has 0 radical (unpaired) electrons. The van der Waals surface area contributed by atoms with E-state index in [1.807, 2.05) is 0 Å². The molecule has 0 aromatic carbocycles. The number of amides is 1. The van der Waals surface area contributed by atoms with E-state index in [0.29, 0.717) is 0 Å². The summed E-state index contributed by atoms with van der Waals surface area (Å²) in [7, 11) is 0. The minimum atomic E-state index is -5.93. The molecule has 1 amide bonds. The molecule has 0 aliphatic heterocycles. The van der Waals surface area contributed by atoms with Gasteiger partial charge in [-0.25, -0.2) is 0 Å². The maximum absolute atomic E-state index is 12.6. The highest BCUT2D eigenvalue weighted by atomic mass is 19.4. The summed E-state index contributed by atoms with van der Waals surface area (Å²) in [5.74, 6) is -7.87. The lowest BCUT2D eigenvalue weighted by molar-refractivity contribution is -0.267. The molecule has 0 unspecified atom stereocenters. The second-order valence-corrected chi connectivity index (χ2v) is 3.83. The molecule has 1 aromatic heterocycles. The van der Waals surface area contributed by atoms with Crippen LogP contribution in [-0.2, 0) is 4.79 Å². The van der Waals surface area contributed by atoms with Gasteiger partial charge in [-0.15, -0.1) is 0 Å². The third-order valence-electron chi connectivity index (χ3n) is 2.03. The highest BCUT2D eigenvalue weighted by Crippen LogP contribution is 2.36. The normalized spacial score (nSPS) is 12.9. The van der Waals surface area contributed by atoms with E-state index in [1.54, 1.807) is 13.8 Å². The van der Waals surface area contributed by atoms with Gasteiger partial charge in [0.25, 0.3) is 0 Å². The molecule has 0 spiro atoms. The maximum atomic E-state index is 12.6. The van der Waals surface area contributed by atoms with Gasteiger partial charge in [0, 0.05) is 12.2 Å². The van der Waals surface area contributed by atoms with Crippen LogP contribution >= 0.6 is 0 Å². The SMILES string of the molecule is CC(C)n1cc(NC(=O)C(F)(F)C(F)(F)F)cn1. The van der Waals surface area contributed by atoms with Crippen molar-refractivity contribution >= 4 is 11.6 Å². The van der Waals surface area contributed by atoms with Crippen molar-refractivity contribution in [2.45, 2.75) is 32.0 Å². The molecular weight excluding hydrogens is 261 g/mol. The second kappa shape index (κ2) is 4.54. The lowest BCUT2D eigenvalue weighted by atomic mass is 10.3. The molecule has 0 aliphatic carbocycles. The number of nitrogens with zero attached hydrogens (tertiary/aromatic N) is 2. The van der Waals surface area contributed by atoms with Gasteiger partial charge in [0.1, 0.15) is 0 Å². The Labute approximate surface area is 98.8 Å². The first-order valence-corrected chi connectivity index (χ1v) is 4.86. The Kier molecular flexibility index (Phi) is 3.63. The van der Waals surface area contributed by atoms with Gasteiger partial charge in [-0.3, -0.25) is 9.48 Å². The molecule has 0 atom stereocenters. The minimum absolute atomic E-state index is 0.112. The predicted octanol–water partition coefficient (Wildman–Crippen LogP) is 2.60. The summed E-state index contributed by atoms with van der Waals surface area (Å²) < 4.78 is 62.2. The predicted molar refractivity (Wildman–Crippen MR) is 52.2 cm³/mol. The van der Waals surface area contributed by atoms with Crippen molar-refractivity contribution in [2.75, 3.05) is 5.32 Å². The molecule has 0 aliphatic rings. The quantitative estimate of drug-likeness (QED) is 0.859. The van der Waals surface area contributed by atoms with Crippen LogP contribution in [0.15, 0.2) is 12.4 Å². The van der Waals surface area contributed by atoms with E-state index < -0.39 is 18.0 Å². The molecule has 18 heavy (non-hydrogen) atoms. The fourth-order valence-electron chi connectivity index (χ4n) is 1.02. The number of nitrogens with one attached hydrogen (secondary N) is 1. The highest BCUT2D eigenvalue weighted by molar-refractivity contribution is 5.96. The smallest absolute Gasteiger partial charge is 0.318 e. The van der Waals surface area contributed by atoms with E-state index in [-0.39, 0.29) is 11.7 Å². The van der Waals surface area contributed by atoms with E-state index in [0.717, 1.165) is 12.4 Å². The summed E-state index contributed by atoms with van der Waals surface area (Å²) >= 11 is 0. The van der Waals surface area contributed by atoms with Gasteiger partial charge < -0.3 is 5.32 Å². The number of aromatic nitrogens is 2. The molecule has 0 saturated heterocycles. The van der Waals surface area contributed by atoms with Crippen molar-refractivity contribution < 1.29 is 26.7 Å². The Balaban J connectivity index is 2.82. The van der Waals surface area contributed by atoms with Crippen LogP contribution in [0.3, 0.4) is 0 Å². The highest BCUT2D eigenvalue weighted by Gasteiger charge is 2.63. The van der Waals surface area contributed by atoms with Crippen molar-refractivity contribution in [1.82, 2.24) is 9.78 Å². The van der Waals surface area contributed by atoms with Gasteiger partial charge in [0.15, 0.2) is 0 Å². The topological polar surface area (TPSA) is 46.9 Å². The van der Waals surface area contributed by atoms with Crippen LogP contribution in [0.2, 0.25) is 0 Å². The lowest BCUT2D eigenvalue weighted by Gasteiger charge is -2.17. The zero-order valence-corrected chi connectivity index (χ0v) is 9.42. The summed E-state index contributed by atoms with van der Waals surface area (Å²) in [5.41, 5.74) is -0.224. The summed E-state index contributed by atoms with van der Waals surface area (Å²) in [6.07, 6.45) is -3.77. The molecule has 9 heteroatoms. The molecule has 1 N–H and O–H groups in total. The molecule has 1 heterocycles. The fourth-order valence-corrected chi connectivity index (χ4v) is 1.02. The summed E-state index contributed by atoms with van der Waals surface area (Å²) in [6.45, 7) is 3.45. The molecule has 1 rings (SSSR count). The number of alkyl halides is 5. The number of halogens is 5. The average molecular weight is 271 g/mol. The summed E-state index contributed by atoms with van der Waals surface area (Å²) in [6, 6.07) is -0.112. The van der Waals surface area contributed by atoms with Crippen LogP contribution in [-0.4, -0.2) is 27.8 Å². The van der Waals surface area contributed by atoms with Crippen molar-refractivity contribution in [1.29, 1.82) is 0 Å². The monoisotopic (exact) mass is 271 g/mol. The van der Waals surface area contributed by atoms with Gasteiger partial charge in [0.2, 0.25) is 0 Å². The van der Waals surface area contributed by atoms with E-state index in [9.17, 15) is 26.7 Å². The van der Waals surface area contributed by atoms with Crippen LogP contribution < -0.4 is 5.32 Å². The first-order valence-electron chi connectivity index (χ1n) is 4.86. The van der Waals surface area contributed by atoms with Crippen molar-refractivity contribution in [3.05, 3.63) is 12.4 Å². The van der Waals surface area contributed by atoms with Gasteiger partial charge in [-0.05, 0) is 13.8 Å². The Morgan fingerprint density at radius 1 is 1.33 bits per heavy atom. The van der Waals surface area contributed by atoms with Crippen molar-refractivity contribution in [3.8, 4) is 0 Å². The van der Waals surface area contributed by atoms with Crippen LogP contribution in [0.1, 0.15) is 19.9 Å². The van der Waals surface area contributed by atoms with E-state index >= 15 is 0 Å². The van der Waals surface area contributed by atoms with Crippen molar-refractivity contribution in [3.63, 3.8) is 0 Å². The Morgan fingerprint density at radius 2 is 1.89 bits per heavy atom. The van der Waals surface area contributed by atoms with Gasteiger partial charge >= 0.3 is 18.0 Å². The molecule has 0 bridgehead atoms. The zero-order chi connectivity index (χ0) is 14.1. The lowest BCUT2D eigenvalue weighted by Crippen LogP contribution is -2.47. The minimum Gasteiger partial charge on any atom is -0.318 e. The molecular formula is C9H10F5N3O. The molecule has 0 saturated carbocycles. The van der Waals surface area contributed by atoms with E-state index in [4.69, 9.17) is 0 Å². The number of rotatable bonds is 3. The Hall–Kier alpha value is -1.67. The number of carbonyl (C=O) groups is 1. The standard InChI is InChI=1S/C9H10F5N3O/c1-5(2)17-4-6(3-15-17)16-7(18)8(10,11)9(12,13)14/h3-5H,1-2H3,(H,16,18). The molecule has 1 aromatic rings. The largest absolute Gasteiger partial charge is 0.463 e. The second-order valence-electron chi connectivity index (χ2n) is 3.83. The van der Waals surface area contributed by atoms with Gasteiger partial charge in [-0.1, -0.05) is 0 Å². The number of hydrogen-bond donors (Lipinski definition) is 1.